The maximum Gasteiger partial charge on any atom is 0.408 e. The number of alkyl carbamates (subject to hydrolysis) is 1. The highest BCUT2D eigenvalue weighted by Crippen LogP contribution is 2.23. The Labute approximate surface area is 160 Å². The third-order valence-corrected chi connectivity index (χ3v) is 3.29. The minimum atomic E-state index is -1.04. The molecule has 6 nitrogen and oxygen atoms in total. The van der Waals surface area contributed by atoms with Crippen LogP contribution in [-0.2, 0) is 25.5 Å². The average molecular weight is 381 g/mol. The van der Waals surface area contributed by atoms with Crippen LogP contribution in [-0.4, -0.2) is 28.4 Å². The molecule has 1 N–H and O–H groups in total. The van der Waals surface area contributed by atoms with Crippen molar-refractivity contribution >= 4 is 29.8 Å². The molecule has 0 bridgehead atoms. The molecule has 1 amide bonds. The molecular weight excluding hydrogens is 354 g/mol. The number of carbonyl (C=O) groups excluding carboxylic acids is 3. The van der Waals surface area contributed by atoms with Crippen LogP contribution in [0.4, 0.5) is 4.79 Å². The van der Waals surface area contributed by atoms with Crippen molar-refractivity contribution in [3.8, 4) is 0 Å². The number of nitrogens with one attached hydrogen (secondary N) is 1. The van der Waals surface area contributed by atoms with Gasteiger partial charge < -0.3 is 14.8 Å². The van der Waals surface area contributed by atoms with Crippen LogP contribution in [0.3, 0.4) is 0 Å². The summed E-state index contributed by atoms with van der Waals surface area (Å²) >= 11 is 3.87. The first-order valence-corrected chi connectivity index (χ1v) is 8.75. The quantitative estimate of drug-likeness (QED) is 0.602. The average Bonchev–Trinajstić information content (AvgIpc) is 2.41. The number of benzene rings is 1. The molecule has 0 fully saturated rings. The van der Waals surface area contributed by atoms with Crippen LogP contribution in [0.1, 0.15) is 58.7 Å². The van der Waals surface area contributed by atoms with E-state index in [0.29, 0.717) is 11.1 Å². The van der Waals surface area contributed by atoms with Crippen molar-refractivity contribution in [3.05, 3.63) is 35.4 Å². The van der Waals surface area contributed by atoms with E-state index in [0.717, 1.165) is 0 Å². The number of amides is 1. The van der Waals surface area contributed by atoms with Gasteiger partial charge in [0.05, 0.1) is 6.42 Å². The number of esters is 1. The summed E-state index contributed by atoms with van der Waals surface area (Å²) < 4.78 is 10.5. The van der Waals surface area contributed by atoms with E-state index in [9.17, 15) is 14.4 Å². The second-order valence-electron chi connectivity index (χ2n) is 7.88. The normalized spacial score (nSPS) is 12.9. The Morgan fingerprint density at radius 2 is 1.54 bits per heavy atom. The van der Waals surface area contributed by atoms with Crippen molar-refractivity contribution in [3.63, 3.8) is 0 Å². The fraction of sp³-hybridized carbons (Fsp3) is 0.526. The smallest absolute Gasteiger partial charge is 0.408 e. The summed E-state index contributed by atoms with van der Waals surface area (Å²) in [6.07, 6.45) is -0.766. The van der Waals surface area contributed by atoms with E-state index < -0.39 is 34.4 Å². The minimum Gasteiger partial charge on any atom is -0.460 e. The topological polar surface area (TPSA) is 81.7 Å². The van der Waals surface area contributed by atoms with Gasteiger partial charge in [-0.2, -0.15) is 0 Å². The summed E-state index contributed by atoms with van der Waals surface area (Å²) in [6.45, 7) is 10.5. The Bertz CT molecular complexity index is 673. The van der Waals surface area contributed by atoms with Crippen LogP contribution in [0.25, 0.3) is 0 Å². The highest BCUT2D eigenvalue weighted by Gasteiger charge is 2.27. The molecule has 0 saturated heterocycles. The summed E-state index contributed by atoms with van der Waals surface area (Å²) in [5.74, 6) is -0.424. The van der Waals surface area contributed by atoms with Crippen LogP contribution in [0.2, 0.25) is 0 Å². The van der Waals surface area contributed by atoms with E-state index in [1.807, 2.05) is 0 Å². The third-order valence-electron chi connectivity index (χ3n) is 3.03. The van der Waals surface area contributed by atoms with Crippen molar-refractivity contribution in [2.75, 3.05) is 0 Å². The zero-order valence-electron chi connectivity index (χ0n) is 16.1. The Morgan fingerprint density at radius 3 is 2.04 bits per heavy atom. The predicted molar refractivity (Wildman–Crippen MR) is 102 cm³/mol. The molecule has 0 radical (unpaired) electrons. The molecule has 0 aliphatic rings. The Kier molecular flexibility index (Phi) is 7.26. The number of rotatable bonds is 5. The molecule has 0 aliphatic carbocycles. The Morgan fingerprint density at radius 1 is 1.00 bits per heavy atom. The maximum atomic E-state index is 12.1. The first-order chi connectivity index (χ1) is 11.8. The second kappa shape index (κ2) is 8.58. The summed E-state index contributed by atoms with van der Waals surface area (Å²) in [4.78, 5) is 36.2. The van der Waals surface area contributed by atoms with Gasteiger partial charge >= 0.3 is 12.1 Å². The van der Waals surface area contributed by atoms with Crippen molar-refractivity contribution in [2.24, 2.45) is 0 Å². The molecule has 0 heterocycles. The van der Waals surface area contributed by atoms with E-state index in [2.05, 4.69) is 17.9 Å². The van der Waals surface area contributed by atoms with E-state index >= 15 is 0 Å². The zero-order valence-corrected chi connectivity index (χ0v) is 17.0. The van der Waals surface area contributed by atoms with Crippen molar-refractivity contribution in [1.82, 2.24) is 5.32 Å². The van der Waals surface area contributed by atoms with Crippen molar-refractivity contribution in [1.29, 1.82) is 0 Å². The van der Waals surface area contributed by atoms with Gasteiger partial charge in [0.2, 0.25) is 5.12 Å². The molecule has 1 rings (SSSR count). The molecule has 0 aromatic heterocycles. The first-order valence-electron chi connectivity index (χ1n) is 8.30. The monoisotopic (exact) mass is 381 g/mol. The van der Waals surface area contributed by atoms with Gasteiger partial charge in [-0.3, -0.25) is 9.59 Å². The van der Waals surface area contributed by atoms with Gasteiger partial charge in [-0.15, -0.1) is 12.6 Å². The number of hydrogen-bond donors (Lipinski definition) is 2. The van der Waals surface area contributed by atoms with Gasteiger partial charge in [0.25, 0.3) is 0 Å². The minimum absolute atomic E-state index is 0.0268. The van der Waals surface area contributed by atoms with Gasteiger partial charge in [0.15, 0.2) is 0 Å². The molecule has 1 aromatic rings. The SMILES string of the molecule is CC(C)(C)OC(=O)Cc1ccccc1[C@@H](NC(=O)OC(C)(C)C)C(=O)S. The fourth-order valence-corrected chi connectivity index (χ4v) is 2.41. The van der Waals surface area contributed by atoms with E-state index in [4.69, 9.17) is 9.47 Å². The summed E-state index contributed by atoms with van der Waals surface area (Å²) in [5, 5.41) is 1.95. The fourth-order valence-electron chi connectivity index (χ4n) is 2.21. The zero-order chi connectivity index (χ0) is 20.1. The van der Waals surface area contributed by atoms with E-state index in [1.54, 1.807) is 65.8 Å². The lowest BCUT2D eigenvalue weighted by Gasteiger charge is -2.24. The summed E-state index contributed by atoms with van der Waals surface area (Å²) in [6, 6.07) is 5.80. The Balaban J connectivity index is 3.04. The van der Waals surface area contributed by atoms with Crippen LogP contribution < -0.4 is 5.32 Å². The van der Waals surface area contributed by atoms with Gasteiger partial charge in [0.1, 0.15) is 17.2 Å². The molecule has 26 heavy (non-hydrogen) atoms. The summed E-state index contributed by atoms with van der Waals surface area (Å²) in [5.41, 5.74) is -0.265. The number of thiol groups is 1. The lowest BCUT2D eigenvalue weighted by molar-refractivity contribution is -0.153. The van der Waals surface area contributed by atoms with Crippen LogP contribution in [0, 0.1) is 0 Å². The molecule has 0 saturated carbocycles. The van der Waals surface area contributed by atoms with Crippen LogP contribution >= 0.6 is 12.6 Å². The molecule has 1 aromatic carbocycles. The largest absolute Gasteiger partial charge is 0.460 e. The van der Waals surface area contributed by atoms with Gasteiger partial charge in [-0.25, -0.2) is 4.79 Å². The standard InChI is InChI=1S/C19H27NO5S/c1-18(2,3)24-14(21)11-12-9-7-8-10-13(12)15(16(22)26)20-17(23)25-19(4,5)6/h7-10,15H,11H2,1-6H3,(H,20,23)(H,22,26)/t15-/m1/s1. The Hall–Kier alpha value is -2.02. The van der Waals surface area contributed by atoms with Crippen molar-refractivity contribution in [2.45, 2.75) is 65.2 Å². The molecular formula is C19H27NO5S. The van der Waals surface area contributed by atoms with Gasteiger partial charge in [-0.05, 0) is 52.7 Å². The lowest BCUT2D eigenvalue weighted by Crippen LogP contribution is -2.37. The van der Waals surface area contributed by atoms with Gasteiger partial charge in [-0.1, -0.05) is 24.3 Å². The molecule has 1 atom stereocenters. The van der Waals surface area contributed by atoms with Gasteiger partial charge in [0, 0.05) is 0 Å². The lowest BCUT2D eigenvalue weighted by atomic mass is 9.98. The number of hydrogen-bond acceptors (Lipinski definition) is 5. The molecule has 144 valence electrons. The molecule has 0 aliphatic heterocycles. The molecule has 7 heteroatoms. The molecule has 0 unspecified atom stereocenters. The highest BCUT2D eigenvalue weighted by molar-refractivity contribution is 7.96. The van der Waals surface area contributed by atoms with Crippen LogP contribution in [0.5, 0.6) is 0 Å². The second-order valence-corrected chi connectivity index (χ2v) is 8.32. The first kappa shape index (κ1) is 22.0. The molecule has 0 spiro atoms. The number of carbonyl (C=O) groups is 3. The third kappa shape index (κ3) is 7.91. The van der Waals surface area contributed by atoms with E-state index in [1.165, 1.54) is 0 Å². The predicted octanol–water partition coefficient (Wildman–Crippen LogP) is 3.59. The number of ether oxygens (including phenoxy) is 2. The maximum absolute atomic E-state index is 12.1. The van der Waals surface area contributed by atoms with Crippen LogP contribution in [0.15, 0.2) is 24.3 Å². The van der Waals surface area contributed by atoms with Crippen molar-refractivity contribution < 1.29 is 23.9 Å². The summed E-state index contributed by atoms with van der Waals surface area (Å²) in [7, 11) is 0. The highest BCUT2D eigenvalue weighted by atomic mass is 32.1. The van der Waals surface area contributed by atoms with E-state index in [-0.39, 0.29) is 6.42 Å².